The number of nitrogens with zero attached hydrogens (tertiary/aromatic N) is 5. The van der Waals surface area contributed by atoms with Gasteiger partial charge in [0.05, 0.1) is 20.0 Å². The second-order valence-corrected chi connectivity index (χ2v) is 4.83. The molecule has 3 aromatic rings. The highest BCUT2D eigenvalue weighted by Crippen LogP contribution is 2.23. The molecule has 0 aliphatic heterocycles. The maximum atomic E-state index is 5.73. The fraction of sp³-hybridized carbons (Fsp3) is 0.143. The zero-order chi connectivity index (χ0) is 16.4. The Balaban J connectivity index is 2.01. The predicted molar refractivity (Wildman–Crippen MR) is 87.3 cm³/mol. The monoisotopic (exact) mass is 312 g/mol. The molecule has 2 aromatic heterocycles. The normalized spacial score (nSPS) is 10.7. The van der Waals surface area contributed by atoms with Crippen molar-refractivity contribution in [2.75, 3.05) is 12.8 Å². The third-order valence-corrected chi connectivity index (χ3v) is 3.21. The van der Waals surface area contributed by atoms with E-state index < -0.39 is 0 Å². The van der Waals surface area contributed by atoms with Crippen LogP contribution in [0.5, 0.6) is 5.75 Å². The van der Waals surface area contributed by atoms with E-state index in [1.807, 2.05) is 28.8 Å². The van der Waals surface area contributed by atoms with Crippen molar-refractivity contribution in [1.29, 1.82) is 0 Å². The number of rotatable bonds is 4. The van der Waals surface area contributed by atoms with Gasteiger partial charge in [-0.2, -0.15) is 15.0 Å². The number of benzene rings is 1. The number of nitrogens with two attached hydrogens (primary N) is 3. The van der Waals surface area contributed by atoms with Gasteiger partial charge in [0.15, 0.2) is 22.9 Å². The number of imidazole rings is 1. The van der Waals surface area contributed by atoms with Gasteiger partial charge in [-0.05, 0) is 17.7 Å². The second-order valence-electron chi connectivity index (χ2n) is 4.83. The summed E-state index contributed by atoms with van der Waals surface area (Å²) in [6.07, 6.45) is 1.65. The fourth-order valence-electron chi connectivity index (χ4n) is 2.19. The molecule has 0 atom stereocenters. The summed E-state index contributed by atoms with van der Waals surface area (Å²) in [5.74, 6) is 1.01. The van der Waals surface area contributed by atoms with Crippen molar-refractivity contribution in [2.24, 2.45) is 16.5 Å². The summed E-state index contributed by atoms with van der Waals surface area (Å²) >= 11 is 0. The van der Waals surface area contributed by atoms with Crippen molar-refractivity contribution in [3.05, 3.63) is 36.2 Å². The fourth-order valence-corrected chi connectivity index (χ4v) is 2.19. The Kier molecular flexibility index (Phi) is 3.67. The van der Waals surface area contributed by atoms with E-state index >= 15 is 0 Å². The first-order valence-corrected chi connectivity index (χ1v) is 6.77. The lowest BCUT2D eigenvalue weighted by Crippen LogP contribution is -2.22. The van der Waals surface area contributed by atoms with Crippen LogP contribution in [0.2, 0.25) is 0 Å². The van der Waals surface area contributed by atoms with E-state index in [0.717, 1.165) is 11.3 Å². The molecule has 0 spiro atoms. The molecule has 0 fully saturated rings. The number of nitrogen functional groups attached to an aromatic ring is 1. The minimum atomic E-state index is -0.117. The van der Waals surface area contributed by atoms with Crippen molar-refractivity contribution in [1.82, 2.24) is 19.5 Å². The van der Waals surface area contributed by atoms with Crippen molar-refractivity contribution >= 4 is 28.9 Å². The third kappa shape index (κ3) is 2.98. The van der Waals surface area contributed by atoms with Gasteiger partial charge in [0.25, 0.3) is 0 Å². The number of guanidine groups is 1. The van der Waals surface area contributed by atoms with Crippen LogP contribution in [-0.4, -0.2) is 32.6 Å². The SMILES string of the molecule is COc1ccc(Cn2cnc3c(N=C(N)N)nc(N)nc32)cc1. The smallest absolute Gasteiger partial charge is 0.224 e. The Morgan fingerprint density at radius 3 is 2.61 bits per heavy atom. The van der Waals surface area contributed by atoms with Gasteiger partial charge < -0.3 is 26.5 Å². The lowest BCUT2D eigenvalue weighted by molar-refractivity contribution is 0.414. The number of fused-ring (bicyclic) bond motifs is 1. The highest BCUT2D eigenvalue weighted by Gasteiger charge is 2.12. The first-order chi connectivity index (χ1) is 11.1. The average molecular weight is 312 g/mol. The van der Waals surface area contributed by atoms with E-state index in [1.54, 1.807) is 13.4 Å². The number of hydrogen-bond acceptors (Lipinski definition) is 6. The second kappa shape index (κ2) is 5.79. The molecule has 118 valence electrons. The van der Waals surface area contributed by atoms with Crippen molar-refractivity contribution in [3.63, 3.8) is 0 Å². The Hall–Kier alpha value is -3.36. The summed E-state index contributed by atoms with van der Waals surface area (Å²) in [5.41, 5.74) is 18.6. The van der Waals surface area contributed by atoms with Crippen LogP contribution in [0.4, 0.5) is 11.8 Å². The largest absolute Gasteiger partial charge is 0.497 e. The van der Waals surface area contributed by atoms with Crippen LogP contribution < -0.4 is 21.9 Å². The third-order valence-electron chi connectivity index (χ3n) is 3.21. The highest BCUT2D eigenvalue weighted by molar-refractivity contribution is 5.87. The van der Waals surface area contributed by atoms with E-state index in [-0.39, 0.29) is 17.7 Å². The summed E-state index contributed by atoms with van der Waals surface area (Å²) in [4.78, 5) is 16.5. The quantitative estimate of drug-likeness (QED) is 0.466. The molecule has 0 radical (unpaired) electrons. The van der Waals surface area contributed by atoms with Gasteiger partial charge in [0.2, 0.25) is 5.95 Å². The summed E-state index contributed by atoms with van der Waals surface area (Å²) in [7, 11) is 1.63. The minimum Gasteiger partial charge on any atom is -0.497 e. The van der Waals surface area contributed by atoms with Crippen molar-refractivity contribution < 1.29 is 4.74 Å². The molecule has 9 nitrogen and oxygen atoms in total. The van der Waals surface area contributed by atoms with Crippen LogP contribution in [0.25, 0.3) is 11.2 Å². The Labute approximate surface area is 131 Å². The molecule has 1 aromatic carbocycles. The highest BCUT2D eigenvalue weighted by atomic mass is 16.5. The van der Waals surface area contributed by atoms with Gasteiger partial charge in [0, 0.05) is 0 Å². The van der Waals surface area contributed by atoms with E-state index in [0.29, 0.717) is 17.7 Å². The molecular weight excluding hydrogens is 296 g/mol. The molecule has 6 N–H and O–H groups in total. The minimum absolute atomic E-state index is 0.0778. The lowest BCUT2D eigenvalue weighted by Gasteiger charge is -2.06. The first kappa shape index (κ1) is 14.6. The van der Waals surface area contributed by atoms with Gasteiger partial charge in [-0.3, -0.25) is 0 Å². The van der Waals surface area contributed by atoms with Crippen LogP contribution in [0.1, 0.15) is 5.56 Å². The molecule has 0 unspecified atom stereocenters. The van der Waals surface area contributed by atoms with E-state index in [4.69, 9.17) is 21.9 Å². The number of methoxy groups -OCH3 is 1. The van der Waals surface area contributed by atoms with Crippen LogP contribution in [-0.2, 0) is 6.54 Å². The topological polar surface area (TPSA) is 143 Å². The van der Waals surface area contributed by atoms with E-state index in [9.17, 15) is 0 Å². The van der Waals surface area contributed by atoms with Crippen LogP contribution >= 0.6 is 0 Å². The zero-order valence-electron chi connectivity index (χ0n) is 12.5. The van der Waals surface area contributed by atoms with Gasteiger partial charge in [-0.1, -0.05) is 12.1 Å². The average Bonchev–Trinajstić information content (AvgIpc) is 2.90. The Morgan fingerprint density at radius 1 is 1.22 bits per heavy atom. The maximum Gasteiger partial charge on any atom is 0.224 e. The van der Waals surface area contributed by atoms with Gasteiger partial charge in [0.1, 0.15) is 5.75 Å². The molecule has 3 rings (SSSR count). The van der Waals surface area contributed by atoms with E-state index in [1.165, 1.54) is 0 Å². The molecule has 0 bridgehead atoms. The molecule has 23 heavy (non-hydrogen) atoms. The molecule has 0 saturated carbocycles. The van der Waals surface area contributed by atoms with Crippen LogP contribution in [0.3, 0.4) is 0 Å². The molecule has 0 saturated heterocycles. The summed E-state index contributed by atoms with van der Waals surface area (Å²) in [5, 5.41) is 0. The van der Waals surface area contributed by atoms with Gasteiger partial charge in [-0.25, -0.2) is 4.98 Å². The molecular formula is C14H16N8O. The number of aromatic nitrogens is 4. The molecule has 0 aliphatic rings. The number of anilines is 1. The van der Waals surface area contributed by atoms with Gasteiger partial charge in [-0.15, -0.1) is 0 Å². The predicted octanol–water partition coefficient (Wildman–Crippen LogP) is 0.370. The summed E-state index contributed by atoms with van der Waals surface area (Å²) < 4.78 is 7.00. The Morgan fingerprint density at radius 2 is 1.96 bits per heavy atom. The molecule has 0 aliphatic carbocycles. The lowest BCUT2D eigenvalue weighted by atomic mass is 10.2. The van der Waals surface area contributed by atoms with E-state index in [2.05, 4.69) is 19.9 Å². The summed E-state index contributed by atoms with van der Waals surface area (Å²) in [6.45, 7) is 0.568. The molecule has 9 heteroatoms. The standard InChI is InChI=1S/C14H16N8O/c1-23-9-4-2-8(3-5-9)6-22-7-18-10-11(19-13(15)16)20-14(17)21-12(10)22/h2-5,7H,6H2,1H3,(H6,15,16,17,19,20,21). The number of ether oxygens (including phenoxy) is 1. The number of aliphatic imine (C=N–C) groups is 1. The molecule has 0 amide bonds. The molecule has 2 heterocycles. The maximum absolute atomic E-state index is 5.73. The van der Waals surface area contributed by atoms with Crippen LogP contribution in [0.15, 0.2) is 35.6 Å². The van der Waals surface area contributed by atoms with Gasteiger partial charge >= 0.3 is 0 Å². The first-order valence-electron chi connectivity index (χ1n) is 6.77. The number of hydrogen-bond donors (Lipinski definition) is 3. The zero-order valence-corrected chi connectivity index (χ0v) is 12.5. The Bertz CT molecular complexity index is 864. The van der Waals surface area contributed by atoms with Crippen molar-refractivity contribution in [3.8, 4) is 5.75 Å². The van der Waals surface area contributed by atoms with Crippen molar-refractivity contribution in [2.45, 2.75) is 6.54 Å². The summed E-state index contributed by atoms with van der Waals surface area (Å²) in [6, 6.07) is 7.71. The van der Waals surface area contributed by atoms with Crippen LogP contribution in [0, 0.1) is 0 Å².